The van der Waals surface area contributed by atoms with Crippen LogP contribution in [-0.2, 0) is 0 Å². The minimum absolute atomic E-state index is 0.122. The number of H-pyrrole nitrogens is 1. The van der Waals surface area contributed by atoms with Crippen LogP contribution in [0.2, 0.25) is 5.02 Å². The molecule has 0 amide bonds. The first-order valence-corrected chi connectivity index (χ1v) is 4.35. The third-order valence-electron chi connectivity index (χ3n) is 2.08. The Bertz CT molecular complexity index is 516. The Hall–Kier alpha value is -1.28. The van der Waals surface area contributed by atoms with Gasteiger partial charge in [-0.25, -0.2) is 0 Å². The Balaban J connectivity index is 3.02. The molecular formula is C10H8ClNO. The first kappa shape index (κ1) is 8.32. The van der Waals surface area contributed by atoms with E-state index in [1.807, 2.05) is 24.3 Å². The predicted molar refractivity (Wildman–Crippen MR) is 54.3 cm³/mol. The van der Waals surface area contributed by atoms with Gasteiger partial charge in [0.1, 0.15) is 0 Å². The van der Waals surface area contributed by atoms with Gasteiger partial charge in [0.25, 0.3) is 5.56 Å². The van der Waals surface area contributed by atoms with Crippen molar-refractivity contribution in [2.75, 3.05) is 0 Å². The minimum atomic E-state index is -0.122. The maximum atomic E-state index is 11.3. The van der Waals surface area contributed by atoms with Crippen molar-refractivity contribution in [3.05, 3.63) is 45.2 Å². The molecule has 1 N–H and O–H groups in total. The molecule has 1 heterocycles. The van der Waals surface area contributed by atoms with Crippen LogP contribution in [0, 0.1) is 6.92 Å². The van der Waals surface area contributed by atoms with E-state index in [1.165, 1.54) is 0 Å². The Kier molecular flexibility index (Phi) is 1.85. The van der Waals surface area contributed by atoms with Gasteiger partial charge < -0.3 is 4.98 Å². The van der Waals surface area contributed by atoms with Gasteiger partial charge >= 0.3 is 0 Å². The molecule has 0 aliphatic carbocycles. The molecule has 2 nitrogen and oxygen atoms in total. The molecule has 1 aromatic heterocycles. The van der Waals surface area contributed by atoms with Crippen LogP contribution in [0.4, 0.5) is 0 Å². The number of halogens is 1. The highest BCUT2D eigenvalue weighted by Crippen LogP contribution is 2.21. The van der Waals surface area contributed by atoms with E-state index < -0.39 is 0 Å². The molecule has 1 aromatic carbocycles. The van der Waals surface area contributed by atoms with Gasteiger partial charge in [-0.3, -0.25) is 4.79 Å². The van der Waals surface area contributed by atoms with Crippen LogP contribution in [0.15, 0.2) is 29.1 Å². The zero-order chi connectivity index (χ0) is 9.42. The normalized spacial score (nSPS) is 10.6. The van der Waals surface area contributed by atoms with Crippen LogP contribution in [0.25, 0.3) is 10.9 Å². The fourth-order valence-corrected chi connectivity index (χ4v) is 1.55. The van der Waals surface area contributed by atoms with Gasteiger partial charge in [0.15, 0.2) is 0 Å². The summed E-state index contributed by atoms with van der Waals surface area (Å²) in [5.74, 6) is 0. The highest BCUT2D eigenvalue weighted by Gasteiger charge is 2.04. The third kappa shape index (κ3) is 1.23. The smallest absolute Gasteiger partial charge is 0.252 e. The number of hydrogen-bond acceptors (Lipinski definition) is 1. The van der Waals surface area contributed by atoms with Crippen molar-refractivity contribution >= 4 is 22.5 Å². The Morgan fingerprint density at radius 3 is 2.77 bits per heavy atom. The number of pyridine rings is 1. The molecule has 0 atom stereocenters. The highest BCUT2D eigenvalue weighted by atomic mass is 35.5. The summed E-state index contributed by atoms with van der Waals surface area (Å²) in [6, 6.07) is 7.48. The molecule has 0 saturated carbocycles. The lowest BCUT2D eigenvalue weighted by molar-refractivity contribution is 1.24. The molecule has 0 bridgehead atoms. The molecule has 0 aliphatic rings. The summed E-state index contributed by atoms with van der Waals surface area (Å²) in [6.45, 7) is 1.72. The van der Waals surface area contributed by atoms with Crippen molar-refractivity contribution in [2.24, 2.45) is 0 Å². The Morgan fingerprint density at radius 1 is 1.31 bits per heavy atom. The second-order valence-corrected chi connectivity index (χ2v) is 3.32. The predicted octanol–water partition coefficient (Wildman–Crippen LogP) is 2.49. The fourth-order valence-electron chi connectivity index (χ4n) is 1.30. The summed E-state index contributed by atoms with van der Waals surface area (Å²) in [6.07, 6.45) is 0. The SMILES string of the molecule is Cc1c(Cl)c2ccccc2[nH]c1=O. The van der Waals surface area contributed by atoms with Gasteiger partial charge in [-0.15, -0.1) is 0 Å². The van der Waals surface area contributed by atoms with E-state index in [1.54, 1.807) is 6.92 Å². The summed E-state index contributed by atoms with van der Waals surface area (Å²) in [5.41, 5.74) is 1.23. The molecule has 0 aliphatic heterocycles. The van der Waals surface area contributed by atoms with Crippen LogP contribution >= 0.6 is 11.6 Å². The maximum absolute atomic E-state index is 11.3. The number of benzene rings is 1. The molecule has 2 aromatic rings. The van der Waals surface area contributed by atoms with Crippen molar-refractivity contribution in [1.82, 2.24) is 4.98 Å². The van der Waals surface area contributed by atoms with E-state index >= 15 is 0 Å². The zero-order valence-corrected chi connectivity index (χ0v) is 7.85. The molecular weight excluding hydrogens is 186 g/mol. The largest absolute Gasteiger partial charge is 0.322 e. The second kappa shape index (κ2) is 2.89. The summed E-state index contributed by atoms with van der Waals surface area (Å²) >= 11 is 6.01. The van der Waals surface area contributed by atoms with Crippen LogP contribution in [-0.4, -0.2) is 4.98 Å². The second-order valence-electron chi connectivity index (χ2n) is 2.94. The van der Waals surface area contributed by atoms with Gasteiger partial charge in [0.05, 0.1) is 5.02 Å². The fraction of sp³-hybridized carbons (Fsp3) is 0.100. The molecule has 0 fully saturated rings. The molecule has 0 saturated heterocycles. The quantitative estimate of drug-likeness (QED) is 0.685. The van der Waals surface area contributed by atoms with E-state index in [4.69, 9.17) is 11.6 Å². The number of para-hydroxylation sites is 1. The molecule has 0 radical (unpaired) electrons. The lowest BCUT2D eigenvalue weighted by Crippen LogP contribution is -2.09. The van der Waals surface area contributed by atoms with E-state index in [0.29, 0.717) is 10.6 Å². The zero-order valence-electron chi connectivity index (χ0n) is 7.10. The first-order chi connectivity index (χ1) is 6.20. The van der Waals surface area contributed by atoms with Crippen LogP contribution < -0.4 is 5.56 Å². The number of rotatable bonds is 0. The summed E-state index contributed by atoms with van der Waals surface area (Å²) in [7, 11) is 0. The highest BCUT2D eigenvalue weighted by molar-refractivity contribution is 6.36. The van der Waals surface area contributed by atoms with E-state index in [0.717, 1.165) is 10.9 Å². The molecule has 13 heavy (non-hydrogen) atoms. The molecule has 2 rings (SSSR count). The monoisotopic (exact) mass is 193 g/mol. The van der Waals surface area contributed by atoms with Gasteiger partial charge in [0, 0.05) is 16.5 Å². The van der Waals surface area contributed by atoms with Crippen molar-refractivity contribution in [3.63, 3.8) is 0 Å². The van der Waals surface area contributed by atoms with Gasteiger partial charge in [-0.1, -0.05) is 29.8 Å². The number of nitrogens with one attached hydrogen (secondary N) is 1. The summed E-state index contributed by atoms with van der Waals surface area (Å²) in [5, 5.41) is 1.43. The summed E-state index contributed by atoms with van der Waals surface area (Å²) in [4.78, 5) is 14.1. The average molecular weight is 194 g/mol. The average Bonchev–Trinajstić information content (AvgIpc) is 2.15. The molecule has 0 unspecified atom stereocenters. The van der Waals surface area contributed by atoms with Crippen molar-refractivity contribution in [3.8, 4) is 0 Å². The molecule has 66 valence electrons. The molecule has 0 spiro atoms. The third-order valence-corrected chi connectivity index (χ3v) is 2.57. The first-order valence-electron chi connectivity index (χ1n) is 3.97. The van der Waals surface area contributed by atoms with Gasteiger partial charge in [0.2, 0.25) is 0 Å². The maximum Gasteiger partial charge on any atom is 0.252 e. The number of hydrogen-bond donors (Lipinski definition) is 1. The number of aromatic amines is 1. The lowest BCUT2D eigenvalue weighted by Gasteiger charge is -2.01. The van der Waals surface area contributed by atoms with Crippen LogP contribution in [0.5, 0.6) is 0 Å². The standard InChI is InChI=1S/C10H8ClNO/c1-6-9(11)7-4-2-3-5-8(7)12-10(6)13/h2-5H,1H3,(H,12,13). The van der Waals surface area contributed by atoms with Gasteiger partial charge in [-0.05, 0) is 13.0 Å². The van der Waals surface area contributed by atoms with Crippen molar-refractivity contribution in [2.45, 2.75) is 6.92 Å². The van der Waals surface area contributed by atoms with Crippen LogP contribution in [0.1, 0.15) is 5.56 Å². The summed E-state index contributed by atoms with van der Waals surface area (Å²) < 4.78 is 0. The minimum Gasteiger partial charge on any atom is -0.322 e. The number of fused-ring (bicyclic) bond motifs is 1. The van der Waals surface area contributed by atoms with Crippen molar-refractivity contribution < 1.29 is 0 Å². The van der Waals surface area contributed by atoms with E-state index in [-0.39, 0.29) is 5.56 Å². The Labute approximate surface area is 80.2 Å². The molecule has 3 heteroatoms. The number of aromatic nitrogens is 1. The van der Waals surface area contributed by atoms with Crippen LogP contribution in [0.3, 0.4) is 0 Å². The topological polar surface area (TPSA) is 32.9 Å². The van der Waals surface area contributed by atoms with Gasteiger partial charge in [-0.2, -0.15) is 0 Å². The van der Waals surface area contributed by atoms with E-state index in [9.17, 15) is 4.79 Å². The van der Waals surface area contributed by atoms with Crippen molar-refractivity contribution in [1.29, 1.82) is 0 Å². The lowest BCUT2D eigenvalue weighted by atomic mass is 10.2. The van der Waals surface area contributed by atoms with E-state index in [2.05, 4.69) is 4.98 Å². The Morgan fingerprint density at radius 2 is 2.00 bits per heavy atom.